The summed E-state index contributed by atoms with van der Waals surface area (Å²) in [6, 6.07) is 5.90. The van der Waals surface area contributed by atoms with Gasteiger partial charge >= 0.3 is 45.8 Å². The van der Waals surface area contributed by atoms with Gasteiger partial charge in [-0.25, -0.2) is 0 Å². The van der Waals surface area contributed by atoms with E-state index in [0.717, 1.165) is 43.8 Å². The monoisotopic (exact) mass is 733 g/mol. The number of carbonyl (C=O) groups excluding carboxylic acids is 1. The van der Waals surface area contributed by atoms with Crippen LogP contribution in [-0.2, 0) is 54.9 Å². The first-order valence-corrected chi connectivity index (χ1v) is 16.4. The molecule has 45 heavy (non-hydrogen) atoms. The van der Waals surface area contributed by atoms with Gasteiger partial charge in [0.05, 0.1) is 12.2 Å². The van der Waals surface area contributed by atoms with Crippen LogP contribution < -0.4 is 0 Å². The standard InChI is InChI=1S/C31H54N2O4S.3CO.Tc/c1-2-3-4-5-6-8-11-17-28(18-12-9-7-10-13-21-30(34)35)19-16-23-33(27-31(36)37-24-25-38)26-29-20-14-15-22-32-29;3*1-2;/h14-15,20,22,28,38H,2-13,16-19,21,23-27H2,1H3,(H,34,35);;;;/i;;;;1+1. The molecular weight excluding hydrogens is 679 g/mol. The van der Waals surface area contributed by atoms with Crippen molar-refractivity contribution < 1.29 is 53.5 Å². The topological polar surface area (TPSA) is 139 Å². The van der Waals surface area contributed by atoms with Crippen LogP contribution in [0.2, 0.25) is 0 Å². The van der Waals surface area contributed by atoms with Crippen LogP contribution in [0.3, 0.4) is 0 Å². The molecule has 0 fully saturated rings. The van der Waals surface area contributed by atoms with Gasteiger partial charge in [0.2, 0.25) is 0 Å². The molecule has 1 rings (SSSR count). The molecule has 9 nitrogen and oxygen atoms in total. The van der Waals surface area contributed by atoms with Crippen molar-refractivity contribution >= 4 is 24.6 Å². The maximum atomic E-state index is 12.3. The minimum atomic E-state index is -0.688. The molecule has 1 atom stereocenters. The second kappa shape index (κ2) is 42.3. The number of carboxylic acids is 1. The first kappa shape index (κ1) is 50.1. The number of thiol groups is 1. The quantitative estimate of drug-likeness (QED) is 0.0331. The SMILES string of the molecule is CCCCCCCCCC(CCCCCCCC(=O)O)CCCN(CC(=O)OCCS)Cc1ccccn1.[99Tc].[C-]#[O+].[C-]#[O+].[C-]#[O+]. The van der Waals surface area contributed by atoms with E-state index >= 15 is 0 Å². The Hall–Kier alpha value is -1.73. The molecule has 1 heterocycles. The molecule has 0 saturated heterocycles. The summed E-state index contributed by atoms with van der Waals surface area (Å²) in [6.45, 7) is 17.9. The predicted molar refractivity (Wildman–Crippen MR) is 171 cm³/mol. The number of rotatable bonds is 26. The molecule has 1 N–H and O–H groups in total. The molecule has 1 aromatic rings. The summed E-state index contributed by atoms with van der Waals surface area (Å²) in [5.74, 6) is 0.369. The van der Waals surface area contributed by atoms with Gasteiger partial charge in [0.25, 0.3) is 0 Å². The molecule has 1 unspecified atom stereocenters. The van der Waals surface area contributed by atoms with Crippen molar-refractivity contribution in [3.8, 4) is 0 Å². The molecule has 11 heteroatoms. The average molecular weight is 734 g/mol. The summed E-state index contributed by atoms with van der Waals surface area (Å²) in [5, 5.41) is 8.81. The maximum absolute atomic E-state index is 12.3. The minimum absolute atomic E-state index is 0. The zero-order valence-corrected chi connectivity index (χ0v) is 29.8. The zero-order chi connectivity index (χ0) is 33.7. The van der Waals surface area contributed by atoms with Crippen LogP contribution in [0.4, 0.5) is 0 Å². The molecule has 0 saturated carbocycles. The second-order valence-electron chi connectivity index (χ2n) is 10.6. The van der Waals surface area contributed by atoms with Gasteiger partial charge in [0.15, 0.2) is 0 Å². The fourth-order valence-electron chi connectivity index (χ4n) is 4.99. The van der Waals surface area contributed by atoms with Crippen molar-refractivity contribution in [3.05, 3.63) is 50.0 Å². The number of ether oxygens (including phenoxy) is 1. The number of pyridine rings is 1. The van der Waals surface area contributed by atoms with Crippen LogP contribution >= 0.6 is 12.6 Å². The summed E-state index contributed by atoms with van der Waals surface area (Å²) >= 11 is 4.14. The van der Waals surface area contributed by atoms with Crippen molar-refractivity contribution in [3.63, 3.8) is 0 Å². The van der Waals surface area contributed by atoms with E-state index in [1.807, 2.05) is 18.2 Å². The fraction of sp³-hybridized carbons (Fsp3) is 0.706. The van der Waals surface area contributed by atoms with Crippen molar-refractivity contribution in [2.45, 2.75) is 123 Å². The number of carbonyl (C=O) groups is 2. The van der Waals surface area contributed by atoms with Crippen molar-refractivity contribution in [1.82, 2.24) is 9.88 Å². The van der Waals surface area contributed by atoms with Crippen LogP contribution in [0.5, 0.6) is 0 Å². The van der Waals surface area contributed by atoms with Gasteiger partial charge in [-0.1, -0.05) is 96.5 Å². The number of aromatic nitrogens is 1. The molecule has 0 aliphatic carbocycles. The Morgan fingerprint density at radius 3 is 1.91 bits per heavy atom. The molecule has 0 spiro atoms. The van der Waals surface area contributed by atoms with E-state index in [-0.39, 0.29) is 39.0 Å². The van der Waals surface area contributed by atoms with Crippen molar-refractivity contribution in [2.24, 2.45) is 5.92 Å². The fourth-order valence-corrected chi connectivity index (χ4v) is 5.08. The molecule has 1 radical (unpaired) electrons. The Balaban J connectivity index is -0.00000113. The van der Waals surface area contributed by atoms with Gasteiger partial charge in [0, 0.05) is 45.0 Å². The summed E-state index contributed by atoms with van der Waals surface area (Å²) in [6.07, 6.45) is 21.6. The summed E-state index contributed by atoms with van der Waals surface area (Å²) < 4.78 is 27.8. The summed E-state index contributed by atoms with van der Waals surface area (Å²) in [5.41, 5.74) is 0.969. The first-order valence-electron chi connectivity index (χ1n) is 15.8. The Morgan fingerprint density at radius 2 is 1.40 bits per heavy atom. The third-order valence-electron chi connectivity index (χ3n) is 7.12. The Labute approximate surface area is 291 Å². The molecule has 0 aromatic carbocycles. The van der Waals surface area contributed by atoms with Crippen LogP contribution in [0.1, 0.15) is 122 Å². The number of unbranched alkanes of at least 4 members (excludes halogenated alkanes) is 10. The summed E-state index contributed by atoms with van der Waals surface area (Å²) in [4.78, 5) is 29.6. The third kappa shape index (κ3) is 36.6. The Kier molecular flexibility index (Phi) is 47.1. The molecule has 0 aliphatic heterocycles. The van der Waals surface area contributed by atoms with E-state index in [1.54, 1.807) is 6.20 Å². The van der Waals surface area contributed by atoms with E-state index in [4.69, 9.17) is 23.8 Å². The third-order valence-corrected chi connectivity index (χ3v) is 7.31. The van der Waals surface area contributed by atoms with Crippen molar-refractivity contribution in [2.75, 3.05) is 25.4 Å². The number of hydrogen-bond donors (Lipinski definition) is 2. The Bertz CT molecular complexity index is 827. The molecule has 1 aromatic heterocycles. The molecule has 255 valence electrons. The average Bonchev–Trinajstić information content (AvgIpc) is 3.05. The predicted octanol–water partition coefficient (Wildman–Crippen LogP) is 7.59. The van der Waals surface area contributed by atoms with Crippen LogP contribution in [0, 0.1) is 25.9 Å². The summed E-state index contributed by atoms with van der Waals surface area (Å²) in [7, 11) is 0. The van der Waals surface area contributed by atoms with Gasteiger partial charge in [0.1, 0.15) is 6.61 Å². The van der Waals surface area contributed by atoms with Gasteiger partial charge in [-0.05, 0) is 43.9 Å². The molecule has 0 bridgehead atoms. The first-order chi connectivity index (χ1) is 21.5. The van der Waals surface area contributed by atoms with Gasteiger partial charge < -0.3 is 9.84 Å². The number of aliphatic carboxylic acids is 1. The molecular formula is C34H54N2O7STc. The van der Waals surface area contributed by atoms with Crippen LogP contribution in [-0.4, -0.2) is 52.4 Å². The molecule has 0 amide bonds. The van der Waals surface area contributed by atoms with Crippen molar-refractivity contribution in [1.29, 1.82) is 0 Å². The zero-order valence-electron chi connectivity index (χ0n) is 27.1. The van der Waals surface area contributed by atoms with Crippen LogP contribution in [0.25, 0.3) is 0 Å². The van der Waals surface area contributed by atoms with E-state index in [2.05, 4.69) is 49.4 Å². The van der Waals surface area contributed by atoms with Gasteiger partial charge in [-0.2, -0.15) is 12.6 Å². The molecule has 0 aliphatic rings. The number of nitrogens with zero attached hydrogens (tertiary/aromatic N) is 2. The van der Waals surface area contributed by atoms with Gasteiger partial charge in [-0.3, -0.25) is 19.5 Å². The number of carboxylic acid groups (broad SMARTS) is 1. The number of esters is 1. The van der Waals surface area contributed by atoms with E-state index in [1.165, 1.54) is 77.0 Å². The normalized spacial score (nSPS) is 10.3. The van der Waals surface area contributed by atoms with E-state index in [9.17, 15) is 9.59 Å². The van der Waals surface area contributed by atoms with E-state index < -0.39 is 5.97 Å². The second-order valence-corrected chi connectivity index (χ2v) is 11.0. The van der Waals surface area contributed by atoms with Gasteiger partial charge in [-0.15, -0.1) is 0 Å². The Morgan fingerprint density at radius 1 is 0.867 bits per heavy atom. The van der Waals surface area contributed by atoms with E-state index in [0.29, 0.717) is 18.9 Å². The van der Waals surface area contributed by atoms with Crippen LogP contribution in [0.15, 0.2) is 24.4 Å². The number of hydrogen-bond acceptors (Lipinski definition) is 6.